The Bertz CT molecular complexity index is 101. The Hall–Kier alpha value is -0.0800. The maximum atomic E-state index is 3.44. The first-order valence-electron chi connectivity index (χ1n) is 3.30. The van der Waals surface area contributed by atoms with Crippen molar-refractivity contribution in [2.24, 2.45) is 0 Å². The van der Waals surface area contributed by atoms with Crippen LogP contribution in [-0.4, -0.2) is 37.1 Å². The van der Waals surface area contributed by atoms with Gasteiger partial charge in [0.05, 0.1) is 0 Å². The zero-order valence-corrected chi connectivity index (χ0v) is 5.22. The van der Waals surface area contributed by atoms with Crippen molar-refractivity contribution in [1.29, 1.82) is 0 Å². The molecule has 0 aromatic carbocycles. The Morgan fingerprint density at radius 2 is 2.50 bits per heavy atom. The highest BCUT2D eigenvalue weighted by Crippen LogP contribution is 2.20. The summed E-state index contributed by atoms with van der Waals surface area (Å²) in [6, 6.07) is 1.69. The number of rotatable bonds is 0. The molecule has 2 heteroatoms. The van der Waals surface area contributed by atoms with Gasteiger partial charge in [0.25, 0.3) is 0 Å². The van der Waals surface area contributed by atoms with E-state index < -0.39 is 0 Å². The number of hydrogen-bond donors (Lipinski definition) is 1. The van der Waals surface area contributed by atoms with Crippen LogP contribution in [0.5, 0.6) is 0 Å². The van der Waals surface area contributed by atoms with E-state index in [-0.39, 0.29) is 0 Å². The molecular weight excluding hydrogens is 100 g/mol. The lowest BCUT2D eigenvalue weighted by atomic mass is 10.2. The normalized spacial score (nSPS) is 46.1. The van der Waals surface area contributed by atoms with Gasteiger partial charge in [0.15, 0.2) is 0 Å². The molecule has 2 rings (SSSR count). The molecule has 1 N–H and O–H groups in total. The molecule has 2 aliphatic rings. The first-order valence-corrected chi connectivity index (χ1v) is 3.30. The lowest BCUT2D eigenvalue weighted by Gasteiger charge is -2.21. The van der Waals surface area contributed by atoms with Crippen LogP contribution in [0.4, 0.5) is 0 Å². The molecule has 0 saturated carbocycles. The molecule has 0 spiro atoms. The average Bonchev–Trinajstić information content (AvgIpc) is 2.23. The summed E-state index contributed by atoms with van der Waals surface area (Å²) in [6.45, 7) is 2.49. The van der Waals surface area contributed by atoms with Crippen molar-refractivity contribution in [2.75, 3.05) is 20.1 Å². The first-order chi connectivity index (χ1) is 3.86. The van der Waals surface area contributed by atoms with Crippen molar-refractivity contribution in [2.45, 2.75) is 18.5 Å². The van der Waals surface area contributed by atoms with Gasteiger partial charge in [-0.3, -0.25) is 0 Å². The Morgan fingerprint density at radius 1 is 1.62 bits per heavy atom. The molecule has 46 valence electrons. The number of likely N-dealkylation sites (N-methyl/N-ethyl adjacent to an activating group) is 1. The Labute approximate surface area is 49.9 Å². The lowest BCUT2D eigenvalue weighted by molar-refractivity contribution is 0.276. The van der Waals surface area contributed by atoms with Crippen LogP contribution in [-0.2, 0) is 0 Å². The largest absolute Gasteiger partial charge is 0.311 e. The molecular formula is C6H12N2. The SMILES string of the molecule is CN1C[C@H]2C[C@H]1CN2. The van der Waals surface area contributed by atoms with Crippen molar-refractivity contribution in [3.05, 3.63) is 0 Å². The van der Waals surface area contributed by atoms with Gasteiger partial charge in [-0.25, -0.2) is 0 Å². The van der Waals surface area contributed by atoms with Crippen LogP contribution in [0.1, 0.15) is 6.42 Å². The van der Waals surface area contributed by atoms with Crippen LogP contribution in [0.15, 0.2) is 0 Å². The third-order valence-corrected chi connectivity index (χ3v) is 2.33. The summed E-state index contributed by atoms with van der Waals surface area (Å²) >= 11 is 0. The van der Waals surface area contributed by atoms with Crippen LogP contribution in [0.2, 0.25) is 0 Å². The van der Waals surface area contributed by atoms with Crippen molar-refractivity contribution >= 4 is 0 Å². The lowest BCUT2D eigenvalue weighted by Crippen LogP contribution is -2.41. The number of nitrogens with one attached hydrogen (secondary N) is 1. The van der Waals surface area contributed by atoms with Crippen LogP contribution in [0, 0.1) is 0 Å². The van der Waals surface area contributed by atoms with Gasteiger partial charge < -0.3 is 10.2 Å². The molecule has 2 bridgehead atoms. The Morgan fingerprint density at radius 3 is 2.75 bits per heavy atom. The van der Waals surface area contributed by atoms with Crippen molar-refractivity contribution in [3.63, 3.8) is 0 Å². The van der Waals surface area contributed by atoms with E-state index in [0.717, 1.165) is 12.1 Å². The molecule has 0 radical (unpaired) electrons. The van der Waals surface area contributed by atoms with Gasteiger partial charge in [0.2, 0.25) is 0 Å². The Kier molecular flexibility index (Phi) is 0.866. The highest BCUT2D eigenvalue weighted by molar-refractivity contribution is 4.95. The maximum absolute atomic E-state index is 3.44. The first kappa shape index (κ1) is 4.77. The quantitative estimate of drug-likeness (QED) is 0.461. The van der Waals surface area contributed by atoms with Crippen LogP contribution >= 0.6 is 0 Å². The van der Waals surface area contributed by atoms with E-state index in [1.54, 1.807) is 0 Å². The minimum absolute atomic E-state index is 0.824. The molecule has 0 amide bonds. The van der Waals surface area contributed by atoms with E-state index in [2.05, 4.69) is 17.3 Å². The molecule has 0 aromatic heterocycles. The summed E-state index contributed by atoms with van der Waals surface area (Å²) in [4.78, 5) is 2.45. The molecule has 0 aliphatic carbocycles. The second-order valence-electron chi connectivity index (χ2n) is 2.93. The van der Waals surface area contributed by atoms with Gasteiger partial charge >= 0.3 is 0 Å². The molecule has 2 fully saturated rings. The topological polar surface area (TPSA) is 15.3 Å². The number of piperazine rings is 1. The van der Waals surface area contributed by atoms with E-state index in [0.29, 0.717) is 0 Å². The van der Waals surface area contributed by atoms with Gasteiger partial charge in [-0.05, 0) is 13.5 Å². The third-order valence-electron chi connectivity index (χ3n) is 2.33. The molecule has 8 heavy (non-hydrogen) atoms. The summed E-state index contributed by atoms with van der Waals surface area (Å²) in [5.74, 6) is 0. The standard InChI is InChI=1S/C6H12N2/c1-8-4-5-2-6(8)3-7-5/h5-7H,2-4H2,1H3/t5-,6+/m1/s1. The zero-order valence-electron chi connectivity index (χ0n) is 5.22. The third kappa shape index (κ3) is 0.501. The van der Waals surface area contributed by atoms with Crippen molar-refractivity contribution < 1.29 is 0 Å². The predicted octanol–water partition coefficient (Wildman–Crippen LogP) is -0.338. The number of likely N-dealkylation sites (tertiary alicyclic amines) is 1. The summed E-state index contributed by atoms with van der Waals surface area (Å²) < 4.78 is 0. The zero-order chi connectivity index (χ0) is 5.56. The summed E-state index contributed by atoms with van der Waals surface area (Å²) in [7, 11) is 2.21. The van der Waals surface area contributed by atoms with Crippen molar-refractivity contribution in [1.82, 2.24) is 10.2 Å². The maximum Gasteiger partial charge on any atom is 0.0233 e. The van der Waals surface area contributed by atoms with Gasteiger partial charge in [0.1, 0.15) is 0 Å². The second-order valence-corrected chi connectivity index (χ2v) is 2.93. The van der Waals surface area contributed by atoms with Crippen LogP contribution < -0.4 is 5.32 Å². The van der Waals surface area contributed by atoms with Gasteiger partial charge in [0, 0.05) is 25.2 Å². The van der Waals surface area contributed by atoms with Gasteiger partial charge in [-0.2, -0.15) is 0 Å². The summed E-state index contributed by atoms with van der Waals surface area (Å²) in [5.41, 5.74) is 0. The van der Waals surface area contributed by atoms with Gasteiger partial charge in [-0.1, -0.05) is 0 Å². The summed E-state index contributed by atoms with van der Waals surface area (Å²) in [6.07, 6.45) is 1.39. The molecule has 0 unspecified atom stereocenters. The monoisotopic (exact) mass is 112 g/mol. The number of hydrogen-bond acceptors (Lipinski definition) is 2. The highest BCUT2D eigenvalue weighted by atomic mass is 15.3. The fraction of sp³-hybridized carbons (Fsp3) is 1.00. The molecule has 0 aromatic rings. The smallest absolute Gasteiger partial charge is 0.0233 e. The minimum Gasteiger partial charge on any atom is -0.311 e. The molecule has 2 nitrogen and oxygen atoms in total. The fourth-order valence-corrected chi connectivity index (χ4v) is 1.77. The highest BCUT2D eigenvalue weighted by Gasteiger charge is 2.34. The minimum atomic E-state index is 0.824. The average molecular weight is 112 g/mol. The van der Waals surface area contributed by atoms with E-state index in [4.69, 9.17) is 0 Å². The molecule has 2 heterocycles. The van der Waals surface area contributed by atoms with Crippen LogP contribution in [0.3, 0.4) is 0 Å². The second kappa shape index (κ2) is 1.45. The molecule has 2 atom stereocenters. The molecule has 2 aliphatic heterocycles. The summed E-state index contributed by atoms with van der Waals surface area (Å²) in [5, 5.41) is 3.44. The van der Waals surface area contributed by atoms with Gasteiger partial charge in [-0.15, -0.1) is 0 Å². The van der Waals surface area contributed by atoms with Crippen LogP contribution in [0.25, 0.3) is 0 Å². The van der Waals surface area contributed by atoms with E-state index in [1.165, 1.54) is 19.5 Å². The van der Waals surface area contributed by atoms with E-state index in [1.807, 2.05) is 0 Å². The predicted molar refractivity (Wildman–Crippen MR) is 32.8 cm³/mol. The number of nitrogens with zero attached hydrogens (tertiary/aromatic N) is 1. The van der Waals surface area contributed by atoms with Crippen molar-refractivity contribution in [3.8, 4) is 0 Å². The van der Waals surface area contributed by atoms with E-state index in [9.17, 15) is 0 Å². The number of fused-ring (bicyclic) bond motifs is 2. The Balaban J connectivity index is 2.11. The molecule has 2 saturated heterocycles. The van der Waals surface area contributed by atoms with E-state index >= 15 is 0 Å². The fourth-order valence-electron chi connectivity index (χ4n) is 1.77.